The fraction of sp³-hybridized carbons (Fsp3) is 0.400. The number of nitrogens with one attached hydrogen (secondary N) is 1. The second-order valence-corrected chi connectivity index (χ2v) is 10.6. The van der Waals surface area contributed by atoms with Crippen LogP contribution in [0, 0.1) is 19.3 Å². The van der Waals surface area contributed by atoms with Gasteiger partial charge in [0.15, 0.2) is 0 Å². The molecule has 0 spiro atoms. The lowest BCUT2D eigenvalue weighted by molar-refractivity contribution is 0.427. The summed E-state index contributed by atoms with van der Waals surface area (Å²) in [6.07, 6.45) is 7.96. The van der Waals surface area contributed by atoms with Crippen molar-refractivity contribution in [3.63, 3.8) is 0 Å². The normalized spacial score (nSPS) is 15.4. The first-order valence-corrected chi connectivity index (χ1v) is 12.1. The number of fused-ring (bicyclic) bond motifs is 1. The quantitative estimate of drug-likeness (QED) is 0.416. The number of nitrogens with zero attached hydrogens (tertiary/aromatic N) is 3. The molecule has 1 aromatic carbocycles. The highest BCUT2D eigenvalue weighted by atomic mass is 15.2. The summed E-state index contributed by atoms with van der Waals surface area (Å²) in [5, 5.41) is 3.51. The fourth-order valence-electron chi connectivity index (χ4n) is 4.71. The Morgan fingerprint density at radius 1 is 1.15 bits per heavy atom. The van der Waals surface area contributed by atoms with Crippen LogP contribution < -0.4 is 5.32 Å². The summed E-state index contributed by atoms with van der Waals surface area (Å²) in [5.74, 6) is 0.681. The van der Waals surface area contributed by atoms with E-state index in [9.17, 15) is 0 Å². The average molecular weight is 457 g/mol. The third-order valence-electron chi connectivity index (χ3n) is 6.38. The maximum absolute atomic E-state index is 4.80. The first kappa shape index (κ1) is 25.5. The topological polar surface area (TPSA) is 42.2 Å². The Bertz CT molecular complexity index is 1180. The molecule has 4 nitrogen and oxygen atoms in total. The Labute approximate surface area is 205 Å². The van der Waals surface area contributed by atoms with Crippen molar-refractivity contribution in [1.82, 2.24) is 14.9 Å². The third kappa shape index (κ3) is 5.49. The largest absolute Gasteiger partial charge is 0.380 e. The molecule has 0 saturated carbocycles. The molecule has 0 bridgehead atoms. The van der Waals surface area contributed by atoms with Crippen LogP contribution in [0.15, 0.2) is 66.5 Å². The van der Waals surface area contributed by atoms with E-state index in [0.29, 0.717) is 12.5 Å². The highest BCUT2D eigenvalue weighted by Crippen LogP contribution is 2.33. The van der Waals surface area contributed by atoms with E-state index in [4.69, 9.17) is 4.99 Å². The van der Waals surface area contributed by atoms with Gasteiger partial charge in [-0.25, -0.2) is 9.98 Å². The molecule has 1 unspecified atom stereocenters. The van der Waals surface area contributed by atoms with Crippen molar-refractivity contribution in [1.29, 1.82) is 0 Å². The van der Waals surface area contributed by atoms with E-state index in [1.165, 1.54) is 27.8 Å². The average Bonchev–Trinajstić information content (AvgIpc) is 2.98. The van der Waals surface area contributed by atoms with Crippen molar-refractivity contribution in [3.8, 4) is 0 Å². The van der Waals surface area contributed by atoms with Crippen LogP contribution in [0.4, 0.5) is 5.95 Å². The Morgan fingerprint density at radius 2 is 1.85 bits per heavy atom. The van der Waals surface area contributed by atoms with Gasteiger partial charge in [0.1, 0.15) is 0 Å². The number of aryl methyl sites for hydroxylation is 1. The van der Waals surface area contributed by atoms with Gasteiger partial charge in [-0.3, -0.25) is 0 Å². The molecular weight excluding hydrogens is 416 g/mol. The number of aromatic nitrogens is 2. The molecule has 2 heterocycles. The van der Waals surface area contributed by atoms with E-state index in [-0.39, 0.29) is 11.5 Å². The second kappa shape index (κ2) is 10.0. The zero-order valence-corrected chi connectivity index (χ0v) is 22.0. The molecule has 0 fully saturated rings. The summed E-state index contributed by atoms with van der Waals surface area (Å²) in [6, 6.07) is 4.49. The van der Waals surface area contributed by atoms with Gasteiger partial charge >= 0.3 is 0 Å². The van der Waals surface area contributed by atoms with Crippen LogP contribution in [0.5, 0.6) is 0 Å². The van der Waals surface area contributed by atoms with Crippen molar-refractivity contribution < 1.29 is 0 Å². The second-order valence-electron chi connectivity index (χ2n) is 10.6. The van der Waals surface area contributed by atoms with E-state index in [1.54, 1.807) is 0 Å². The maximum atomic E-state index is 4.80. The minimum atomic E-state index is 0.0367. The van der Waals surface area contributed by atoms with Crippen LogP contribution in [-0.4, -0.2) is 15.3 Å². The Kier molecular flexibility index (Phi) is 7.50. The zero-order chi connectivity index (χ0) is 25.2. The van der Waals surface area contributed by atoms with E-state index in [2.05, 4.69) is 87.4 Å². The standard InChI is InChI=1S/C30H40N4/c1-11-25-22(6)26(20(4)16-30(8,9)10)13-12-24(25)18-31-23(7)27-14-15-28(19(2)3)34-21(5)17-32-29(34)33-27/h12-15,17,28,31H,2,4,7,11,16,18H2,1,3,5-6,8-10H3. The third-order valence-corrected chi connectivity index (χ3v) is 6.38. The number of hydrogen-bond acceptors (Lipinski definition) is 3. The zero-order valence-electron chi connectivity index (χ0n) is 22.0. The van der Waals surface area contributed by atoms with Crippen LogP contribution in [0.2, 0.25) is 0 Å². The van der Waals surface area contributed by atoms with Gasteiger partial charge < -0.3 is 9.88 Å². The van der Waals surface area contributed by atoms with Gasteiger partial charge in [0.2, 0.25) is 5.95 Å². The Hall–Kier alpha value is -3.14. The SMILES string of the molecule is C=C(NCc1ccc(C(=C)CC(C)(C)C)c(C)c1CC)C1=Nc2ncc(C)n2C(C(=C)C)C=C1. The molecule has 180 valence electrons. The van der Waals surface area contributed by atoms with Gasteiger partial charge in [-0.05, 0) is 72.9 Å². The van der Waals surface area contributed by atoms with Crippen LogP contribution in [-0.2, 0) is 13.0 Å². The summed E-state index contributed by atoms with van der Waals surface area (Å²) in [4.78, 5) is 9.31. The minimum absolute atomic E-state index is 0.0367. The predicted octanol–water partition coefficient (Wildman–Crippen LogP) is 7.57. The first-order chi connectivity index (χ1) is 15.9. The highest BCUT2D eigenvalue weighted by molar-refractivity contribution is 6.08. The smallest absolute Gasteiger partial charge is 0.231 e. The molecule has 2 aromatic rings. The minimum Gasteiger partial charge on any atom is -0.380 e. The molecule has 34 heavy (non-hydrogen) atoms. The molecule has 1 aliphatic heterocycles. The molecule has 3 rings (SSSR count). The molecule has 4 heteroatoms. The van der Waals surface area contributed by atoms with Crippen LogP contribution >= 0.6 is 0 Å². The van der Waals surface area contributed by atoms with Crippen molar-refractivity contribution in [2.24, 2.45) is 10.4 Å². The number of allylic oxidation sites excluding steroid dienone is 4. The molecule has 0 saturated heterocycles. The number of imidazole rings is 1. The molecule has 0 amide bonds. The Balaban J connectivity index is 1.81. The predicted molar refractivity (Wildman–Crippen MR) is 147 cm³/mol. The summed E-state index contributed by atoms with van der Waals surface area (Å²) in [5.41, 5.74) is 10.4. The van der Waals surface area contributed by atoms with E-state index in [0.717, 1.165) is 35.5 Å². The van der Waals surface area contributed by atoms with E-state index < -0.39 is 0 Å². The molecular formula is C30H40N4. The summed E-state index contributed by atoms with van der Waals surface area (Å²) in [6.45, 7) is 28.8. The van der Waals surface area contributed by atoms with Gasteiger partial charge in [-0.2, -0.15) is 0 Å². The Morgan fingerprint density at radius 3 is 2.47 bits per heavy atom. The molecule has 1 N–H and O–H groups in total. The van der Waals surface area contributed by atoms with Gasteiger partial charge in [0, 0.05) is 12.2 Å². The monoisotopic (exact) mass is 456 g/mol. The van der Waals surface area contributed by atoms with E-state index in [1.807, 2.05) is 26.1 Å². The lowest BCUT2D eigenvalue weighted by atomic mass is 9.83. The molecule has 1 atom stereocenters. The highest BCUT2D eigenvalue weighted by Gasteiger charge is 2.20. The van der Waals surface area contributed by atoms with Crippen LogP contribution in [0.1, 0.15) is 75.0 Å². The molecule has 0 radical (unpaired) electrons. The van der Waals surface area contributed by atoms with Crippen molar-refractivity contribution in [2.45, 2.75) is 73.9 Å². The van der Waals surface area contributed by atoms with Gasteiger partial charge in [-0.15, -0.1) is 0 Å². The summed E-state index contributed by atoms with van der Waals surface area (Å²) in [7, 11) is 0. The molecule has 1 aliphatic rings. The number of benzene rings is 1. The van der Waals surface area contributed by atoms with Crippen molar-refractivity contribution in [3.05, 3.63) is 89.4 Å². The van der Waals surface area contributed by atoms with Crippen LogP contribution in [0.25, 0.3) is 5.57 Å². The molecule has 1 aromatic heterocycles. The molecule has 0 aliphatic carbocycles. The van der Waals surface area contributed by atoms with Gasteiger partial charge in [-0.1, -0.05) is 71.2 Å². The lowest BCUT2D eigenvalue weighted by Crippen LogP contribution is -2.19. The lowest BCUT2D eigenvalue weighted by Gasteiger charge is -2.23. The number of hydrogen-bond donors (Lipinski definition) is 1. The fourth-order valence-corrected chi connectivity index (χ4v) is 4.71. The number of aliphatic imine (C=N–C) groups is 1. The summed E-state index contributed by atoms with van der Waals surface area (Å²) >= 11 is 0. The number of rotatable bonds is 8. The summed E-state index contributed by atoms with van der Waals surface area (Å²) < 4.78 is 2.11. The van der Waals surface area contributed by atoms with E-state index >= 15 is 0 Å². The van der Waals surface area contributed by atoms with Crippen molar-refractivity contribution >= 4 is 17.2 Å². The maximum Gasteiger partial charge on any atom is 0.231 e. The van der Waals surface area contributed by atoms with Crippen molar-refractivity contribution in [2.75, 3.05) is 0 Å². The van der Waals surface area contributed by atoms with Gasteiger partial charge in [0.25, 0.3) is 0 Å². The van der Waals surface area contributed by atoms with Gasteiger partial charge in [0.05, 0.1) is 23.6 Å². The van der Waals surface area contributed by atoms with Crippen LogP contribution in [0.3, 0.4) is 0 Å². The first-order valence-electron chi connectivity index (χ1n) is 12.1.